The summed E-state index contributed by atoms with van der Waals surface area (Å²) in [6, 6.07) is 3.89. The molecule has 2 saturated heterocycles. The van der Waals surface area contributed by atoms with Crippen molar-refractivity contribution in [1.29, 1.82) is 0 Å². The van der Waals surface area contributed by atoms with Crippen LogP contribution in [0.1, 0.15) is 29.2 Å². The zero-order valence-corrected chi connectivity index (χ0v) is 10.3. The van der Waals surface area contributed by atoms with Gasteiger partial charge < -0.3 is 14.8 Å². The second-order valence-electron chi connectivity index (χ2n) is 5.17. The number of hydrogen-bond donors (Lipinski definition) is 2. The Kier molecular flexibility index (Phi) is 3.09. The van der Waals surface area contributed by atoms with Crippen LogP contribution in [0.15, 0.2) is 16.5 Å². The van der Waals surface area contributed by atoms with Crippen LogP contribution in [0.3, 0.4) is 0 Å². The van der Waals surface area contributed by atoms with E-state index in [2.05, 4.69) is 10.2 Å². The van der Waals surface area contributed by atoms with Crippen molar-refractivity contribution in [3.8, 4) is 0 Å². The summed E-state index contributed by atoms with van der Waals surface area (Å²) < 4.78 is 5.33. The molecular weight excluding hydrogens is 232 g/mol. The molecule has 98 valence electrons. The second-order valence-corrected chi connectivity index (χ2v) is 5.17. The van der Waals surface area contributed by atoms with E-state index in [0.29, 0.717) is 6.04 Å². The molecule has 0 saturated carbocycles. The fourth-order valence-corrected chi connectivity index (χ4v) is 3.14. The lowest BCUT2D eigenvalue weighted by Gasteiger charge is -2.36. The van der Waals surface area contributed by atoms with Gasteiger partial charge in [-0.1, -0.05) is 0 Å². The minimum Gasteiger partial charge on any atom is -0.475 e. The highest BCUT2D eigenvalue weighted by Gasteiger charge is 2.35. The maximum Gasteiger partial charge on any atom is 0.371 e. The van der Waals surface area contributed by atoms with Crippen molar-refractivity contribution < 1.29 is 14.3 Å². The summed E-state index contributed by atoms with van der Waals surface area (Å²) in [5.74, 6) is 0.524. The minimum atomic E-state index is -1.000. The Hall–Kier alpha value is -1.33. The average molecular weight is 250 g/mol. The lowest BCUT2D eigenvalue weighted by atomic mass is 9.92. The monoisotopic (exact) mass is 250 g/mol. The summed E-state index contributed by atoms with van der Waals surface area (Å²) in [5, 5.41) is 12.3. The number of carboxylic acids is 1. The van der Waals surface area contributed by atoms with Crippen LogP contribution in [0.5, 0.6) is 0 Å². The Balaban J connectivity index is 1.69. The molecule has 1 aromatic rings. The number of nitrogens with zero attached hydrogens (tertiary/aromatic N) is 1. The summed E-state index contributed by atoms with van der Waals surface area (Å²) in [4.78, 5) is 13.2. The highest BCUT2D eigenvalue weighted by atomic mass is 16.4. The average Bonchev–Trinajstić information content (AvgIpc) is 2.97. The van der Waals surface area contributed by atoms with Crippen LogP contribution in [0, 0.1) is 5.92 Å². The van der Waals surface area contributed by atoms with E-state index < -0.39 is 5.97 Å². The first kappa shape index (κ1) is 11.7. The molecule has 2 atom stereocenters. The number of fused-ring (bicyclic) bond motifs is 1. The molecule has 2 fully saturated rings. The zero-order chi connectivity index (χ0) is 12.5. The fraction of sp³-hybridized carbons (Fsp3) is 0.615. The normalized spacial score (nSPS) is 28.2. The molecule has 3 heterocycles. The maximum absolute atomic E-state index is 10.8. The highest BCUT2D eigenvalue weighted by molar-refractivity contribution is 5.84. The van der Waals surface area contributed by atoms with Gasteiger partial charge in [0.2, 0.25) is 5.76 Å². The Bertz CT molecular complexity index is 443. The van der Waals surface area contributed by atoms with Gasteiger partial charge in [-0.3, -0.25) is 4.90 Å². The van der Waals surface area contributed by atoms with Crippen LogP contribution in [-0.4, -0.2) is 41.7 Å². The van der Waals surface area contributed by atoms with Gasteiger partial charge in [0.05, 0.1) is 6.54 Å². The molecule has 0 radical (unpaired) electrons. The first-order valence-electron chi connectivity index (χ1n) is 6.51. The van der Waals surface area contributed by atoms with Crippen LogP contribution in [0.4, 0.5) is 0 Å². The molecule has 0 bridgehead atoms. The van der Waals surface area contributed by atoms with E-state index >= 15 is 0 Å². The van der Waals surface area contributed by atoms with Crippen LogP contribution >= 0.6 is 0 Å². The number of hydrogen-bond acceptors (Lipinski definition) is 4. The zero-order valence-electron chi connectivity index (χ0n) is 10.3. The number of likely N-dealkylation sites (tertiary alicyclic amines) is 1. The van der Waals surface area contributed by atoms with Gasteiger partial charge in [-0.15, -0.1) is 0 Å². The number of piperidine rings is 1. The van der Waals surface area contributed by atoms with Crippen LogP contribution < -0.4 is 5.32 Å². The molecule has 18 heavy (non-hydrogen) atoms. The predicted octanol–water partition coefficient (Wildman–Crippen LogP) is 1.16. The molecule has 2 aliphatic heterocycles. The Morgan fingerprint density at radius 3 is 3.17 bits per heavy atom. The molecule has 0 aliphatic carbocycles. The lowest BCUT2D eigenvalue weighted by molar-refractivity contribution is 0.0652. The van der Waals surface area contributed by atoms with Crippen LogP contribution in [0.2, 0.25) is 0 Å². The van der Waals surface area contributed by atoms with Crippen molar-refractivity contribution in [2.24, 2.45) is 5.92 Å². The van der Waals surface area contributed by atoms with E-state index in [4.69, 9.17) is 9.52 Å². The fourth-order valence-electron chi connectivity index (χ4n) is 3.14. The maximum atomic E-state index is 10.8. The highest BCUT2D eigenvalue weighted by Crippen LogP contribution is 2.27. The second kappa shape index (κ2) is 4.74. The third-order valence-electron chi connectivity index (χ3n) is 4.02. The summed E-state index contributed by atoms with van der Waals surface area (Å²) in [6.45, 7) is 3.94. The molecule has 2 aliphatic rings. The topological polar surface area (TPSA) is 65.7 Å². The molecule has 1 aromatic heterocycles. The molecule has 5 nitrogen and oxygen atoms in total. The van der Waals surface area contributed by atoms with E-state index in [1.54, 1.807) is 6.07 Å². The molecule has 3 rings (SSSR count). The van der Waals surface area contributed by atoms with Gasteiger partial charge in [0.25, 0.3) is 0 Å². The van der Waals surface area contributed by atoms with Gasteiger partial charge in [-0.05, 0) is 44.0 Å². The van der Waals surface area contributed by atoms with Gasteiger partial charge in [0, 0.05) is 12.6 Å². The van der Waals surface area contributed by atoms with Crippen molar-refractivity contribution in [3.05, 3.63) is 23.7 Å². The first-order chi connectivity index (χ1) is 8.74. The molecule has 0 spiro atoms. The number of aromatic carboxylic acids is 1. The molecule has 0 aromatic carbocycles. The minimum absolute atomic E-state index is 0.0307. The molecule has 0 amide bonds. The van der Waals surface area contributed by atoms with E-state index in [9.17, 15) is 4.79 Å². The predicted molar refractivity (Wildman–Crippen MR) is 65.5 cm³/mol. The number of rotatable bonds is 3. The summed E-state index contributed by atoms with van der Waals surface area (Å²) >= 11 is 0. The van der Waals surface area contributed by atoms with Gasteiger partial charge in [0.15, 0.2) is 0 Å². The smallest absolute Gasteiger partial charge is 0.371 e. The summed E-state index contributed by atoms with van der Waals surface area (Å²) in [5.41, 5.74) is 0. The van der Waals surface area contributed by atoms with Crippen molar-refractivity contribution >= 4 is 5.97 Å². The van der Waals surface area contributed by atoms with Crippen molar-refractivity contribution in [1.82, 2.24) is 10.2 Å². The SMILES string of the molecule is O=C(O)c1ccc(CN2CCCC3CNCC32)o1. The Morgan fingerprint density at radius 1 is 1.50 bits per heavy atom. The van der Waals surface area contributed by atoms with E-state index in [1.807, 2.05) is 0 Å². The van der Waals surface area contributed by atoms with Crippen LogP contribution in [0.25, 0.3) is 0 Å². The Labute approximate surface area is 106 Å². The summed E-state index contributed by atoms with van der Waals surface area (Å²) in [6.07, 6.45) is 2.52. The third kappa shape index (κ3) is 2.15. The van der Waals surface area contributed by atoms with Crippen molar-refractivity contribution in [3.63, 3.8) is 0 Å². The number of furan rings is 1. The van der Waals surface area contributed by atoms with E-state index in [-0.39, 0.29) is 5.76 Å². The van der Waals surface area contributed by atoms with E-state index in [1.165, 1.54) is 18.9 Å². The van der Waals surface area contributed by atoms with Gasteiger partial charge in [-0.2, -0.15) is 0 Å². The molecule has 2 unspecified atom stereocenters. The molecule has 2 N–H and O–H groups in total. The number of carbonyl (C=O) groups is 1. The third-order valence-corrected chi connectivity index (χ3v) is 4.02. The van der Waals surface area contributed by atoms with Crippen molar-refractivity contribution in [2.75, 3.05) is 19.6 Å². The van der Waals surface area contributed by atoms with Gasteiger partial charge in [-0.25, -0.2) is 4.79 Å². The number of carboxylic acid groups (broad SMARTS) is 1. The quantitative estimate of drug-likeness (QED) is 0.842. The molecule has 5 heteroatoms. The van der Waals surface area contributed by atoms with E-state index in [0.717, 1.165) is 37.9 Å². The largest absolute Gasteiger partial charge is 0.475 e. The lowest BCUT2D eigenvalue weighted by Crippen LogP contribution is -2.44. The van der Waals surface area contributed by atoms with Gasteiger partial charge in [0.1, 0.15) is 5.76 Å². The van der Waals surface area contributed by atoms with Crippen LogP contribution in [-0.2, 0) is 6.54 Å². The number of nitrogens with one attached hydrogen (secondary N) is 1. The Morgan fingerprint density at radius 2 is 2.39 bits per heavy atom. The summed E-state index contributed by atoms with van der Waals surface area (Å²) in [7, 11) is 0. The molecular formula is C13H18N2O3. The first-order valence-corrected chi connectivity index (χ1v) is 6.51. The standard InChI is InChI=1S/C13H18N2O3/c16-13(17)12-4-3-10(18-12)8-15-5-1-2-9-6-14-7-11(9)15/h3-4,9,11,14H,1-2,5-8H2,(H,16,17). The van der Waals surface area contributed by atoms with Gasteiger partial charge >= 0.3 is 5.97 Å². The van der Waals surface area contributed by atoms with Crippen molar-refractivity contribution in [2.45, 2.75) is 25.4 Å².